The zero-order valence-corrected chi connectivity index (χ0v) is 21.2. The number of nitriles is 1. The lowest BCUT2D eigenvalue weighted by Gasteiger charge is -2.44. The minimum Gasteiger partial charge on any atom is -0.492 e. The van der Waals surface area contributed by atoms with Crippen LogP contribution in [0.2, 0.25) is 0 Å². The number of carbonyl (C=O) groups is 2. The molecule has 0 fully saturated rings. The SMILES string of the molecule is CC(=O)N1c2ccc(C#N)cc2[C@H](Nc2cccc(OCCNC(=O)OC(C)(C)C)c2)[C@@H](C)[C@@H]1C. The molecule has 3 atom stereocenters. The highest BCUT2D eigenvalue weighted by Crippen LogP contribution is 2.43. The summed E-state index contributed by atoms with van der Waals surface area (Å²) in [5.74, 6) is 0.723. The van der Waals surface area contributed by atoms with Crippen LogP contribution in [0, 0.1) is 17.2 Å². The maximum atomic E-state index is 12.4. The molecule has 1 aliphatic heterocycles. The summed E-state index contributed by atoms with van der Waals surface area (Å²) in [5.41, 5.74) is 2.59. The predicted octanol–water partition coefficient (Wildman–Crippen LogP) is 5.01. The van der Waals surface area contributed by atoms with Gasteiger partial charge in [-0.05, 0) is 63.6 Å². The maximum Gasteiger partial charge on any atom is 0.407 e. The van der Waals surface area contributed by atoms with Gasteiger partial charge in [0.15, 0.2) is 0 Å². The number of alkyl carbamates (subject to hydrolysis) is 1. The number of rotatable bonds is 6. The minimum absolute atomic E-state index is 0.0239. The number of hydrogen-bond donors (Lipinski definition) is 2. The van der Waals surface area contributed by atoms with E-state index in [2.05, 4.69) is 23.6 Å². The standard InChI is InChI=1S/C27H34N4O4/c1-17-18(2)31(19(3)32)24-11-10-20(16-28)14-23(24)25(17)30-21-8-7-9-22(15-21)34-13-12-29-26(33)35-27(4,5)6/h7-11,14-15,17-18,25,30H,12-13H2,1-6H3,(H,29,33)/t17-,18-,25+/m0/s1. The van der Waals surface area contributed by atoms with Crippen molar-refractivity contribution in [2.24, 2.45) is 5.92 Å². The van der Waals surface area contributed by atoms with E-state index in [-0.39, 0.29) is 23.9 Å². The molecule has 0 bridgehead atoms. The normalized spacial score (nSPS) is 19.2. The van der Waals surface area contributed by atoms with E-state index in [1.807, 2.05) is 64.1 Å². The van der Waals surface area contributed by atoms with E-state index in [0.29, 0.717) is 24.5 Å². The van der Waals surface area contributed by atoms with E-state index < -0.39 is 11.7 Å². The molecule has 1 heterocycles. The molecule has 0 saturated carbocycles. The molecule has 186 valence electrons. The first-order valence-corrected chi connectivity index (χ1v) is 11.8. The minimum atomic E-state index is -0.549. The van der Waals surface area contributed by atoms with Crippen LogP contribution in [0.15, 0.2) is 42.5 Å². The lowest BCUT2D eigenvalue weighted by molar-refractivity contribution is -0.117. The number of anilines is 2. The third-order valence-corrected chi connectivity index (χ3v) is 5.98. The Hall–Kier alpha value is -3.73. The lowest BCUT2D eigenvalue weighted by atomic mass is 9.82. The molecule has 0 spiro atoms. The number of nitrogens with one attached hydrogen (secondary N) is 2. The topological polar surface area (TPSA) is 104 Å². The largest absolute Gasteiger partial charge is 0.492 e. The predicted molar refractivity (Wildman–Crippen MR) is 135 cm³/mol. The fourth-order valence-corrected chi connectivity index (χ4v) is 4.27. The highest BCUT2D eigenvalue weighted by Gasteiger charge is 2.38. The van der Waals surface area contributed by atoms with Crippen molar-refractivity contribution in [3.05, 3.63) is 53.6 Å². The van der Waals surface area contributed by atoms with E-state index >= 15 is 0 Å². The van der Waals surface area contributed by atoms with Crippen LogP contribution in [0.5, 0.6) is 5.75 Å². The van der Waals surface area contributed by atoms with Crippen molar-refractivity contribution in [2.45, 2.75) is 59.2 Å². The molecule has 8 nitrogen and oxygen atoms in total. The van der Waals surface area contributed by atoms with Crippen LogP contribution in [0.25, 0.3) is 0 Å². The van der Waals surface area contributed by atoms with Crippen molar-refractivity contribution in [3.8, 4) is 11.8 Å². The molecule has 0 radical (unpaired) electrons. The number of benzene rings is 2. The maximum absolute atomic E-state index is 12.4. The van der Waals surface area contributed by atoms with Crippen LogP contribution in [0.1, 0.15) is 58.7 Å². The highest BCUT2D eigenvalue weighted by molar-refractivity contribution is 5.94. The Bertz CT molecular complexity index is 1120. The van der Waals surface area contributed by atoms with Crippen LogP contribution in [-0.2, 0) is 9.53 Å². The summed E-state index contributed by atoms with van der Waals surface area (Å²) in [6.45, 7) is 11.8. The molecular weight excluding hydrogens is 444 g/mol. The van der Waals surface area contributed by atoms with Crippen LogP contribution in [0.4, 0.5) is 16.2 Å². The Morgan fingerprint density at radius 2 is 1.89 bits per heavy atom. The second-order valence-electron chi connectivity index (χ2n) is 9.80. The summed E-state index contributed by atoms with van der Waals surface area (Å²) < 4.78 is 11.0. The summed E-state index contributed by atoms with van der Waals surface area (Å²) in [6, 6.07) is 15.1. The van der Waals surface area contributed by atoms with Crippen LogP contribution < -0.4 is 20.3 Å². The Balaban J connectivity index is 1.72. The van der Waals surface area contributed by atoms with Gasteiger partial charge in [0, 0.05) is 36.3 Å². The third kappa shape index (κ3) is 6.44. The molecule has 2 aromatic rings. The summed E-state index contributed by atoms with van der Waals surface area (Å²) in [5, 5.41) is 15.7. The van der Waals surface area contributed by atoms with Gasteiger partial charge in [-0.15, -0.1) is 0 Å². The summed E-state index contributed by atoms with van der Waals surface area (Å²) >= 11 is 0. The highest BCUT2D eigenvalue weighted by atomic mass is 16.6. The van der Waals surface area contributed by atoms with Crippen LogP contribution in [0.3, 0.4) is 0 Å². The van der Waals surface area contributed by atoms with Gasteiger partial charge in [-0.2, -0.15) is 5.26 Å². The lowest BCUT2D eigenvalue weighted by Crippen LogP contribution is -2.48. The van der Waals surface area contributed by atoms with Gasteiger partial charge in [0.1, 0.15) is 18.0 Å². The molecule has 0 aromatic heterocycles. The summed E-state index contributed by atoms with van der Waals surface area (Å²) in [4.78, 5) is 26.0. The average Bonchev–Trinajstić information content (AvgIpc) is 2.78. The molecular formula is C27H34N4O4. The molecule has 8 heteroatoms. The molecule has 2 aromatic carbocycles. The first kappa shape index (κ1) is 25.9. The summed E-state index contributed by atoms with van der Waals surface area (Å²) in [6.07, 6.45) is -0.480. The van der Waals surface area contributed by atoms with Crippen LogP contribution in [-0.4, -0.2) is 36.8 Å². The van der Waals surface area contributed by atoms with Crippen molar-refractivity contribution in [2.75, 3.05) is 23.4 Å². The molecule has 2 N–H and O–H groups in total. The van der Waals surface area contributed by atoms with E-state index in [1.54, 1.807) is 17.9 Å². The van der Waals surface area contributed by atoms with Gasteiger partial charge in [-0.3, -0.25) is 4.79 Å². The Kier molecular flexibility index (Phi) is 7.90. The van der Waals surface area contributed by atoms with Crippen LogP contribution >= 0.6 is 0 Å². The summed E-state index contributed by atoms with van der Waals surface area (Å²) in [7, 11) is 0. The first-order chi connectivity index (χ1) is 16.5. The van der Waals surface area contributed by atoms with Gasteiger partial charge < -0.3 is 25.0 Å². The Morgan fingerprint density at radius 1 is 1.14 bits per heavy atom. The van der Waals surface area contributed by atoms with Gasteiger partial charge in [0.25, 0.3) is 0 Å². The zero-order valence-electron chi connectivity index (χ0n) is 21.2. The number of nitrogens with zero attached hydrogens (tertiary/aromatic N) is 2. The van der Waals surface area contributed by atoms with Gasteiger partial charge in [0.2, 0.25) is 5.91 Å². The number of hydrogen-bond acceptors (Lipinski definition) is 6. The van der Waals surface area contributed by atoms with Crippen molar-refractivity contribution in [1.82, 2.24) is 5.32 Å². The molecule has 0 unspecified atom stereocenters. The van der Waals surface area contributed by atoms with Crippen molar-refractivity contribution in [3.63, 3.8) is 0 Å². The third-order valence-electron chi connectivity index (χ3n) is 5.98. The number of ether oxygens (including phenoxy) is 2. The number of amides is 2. The van der Waals surface area contributed by atoms with Crippen molar-refractivity contribution >= 4 is 23.4 Å². The second-order valence-corrected chi connectivity index (χ2v) is 9.80. The Labute approximate surface area is 207 Å². The smallest absolute Gasteiger partial charge is 0.407 e. The van der Waals surface area contributed by atoms with Gasteiger partial charge in [-0.25, -0.2) is 4.79 Å². The molecule has 3 rings (SSSR count). The Morgan fingerprint density at radius 3 is 2.54 bits per heavy atom. The molecule has 0 aliphatic carbocycles. The molecule has 0 saturated heterocycles. The van der Waals surface area contributed by atoms with E-state index in [0.717, 1.165) is 16.9 Å². The fraction of sp³-hybridized carbons (Fsp3) is 0.444. The van der Waals surface area contributed by atoms with Crippen molar-refractivity contribution in [1.29, 1.82) is 5.26 Å². The quantitative estimate of drug-likeness (QED) is 0.566. The average molecular weight is 479 g/mol. The van der Waals surface area contributed by atoms with E-state index in [9.17, 15) is 14.9 Å². The number of carbonyl (C=O) groups excluding carboxylic acids is 2. The first-order valence-electron chi connectivity index (χ1n) is 11.8. The van der Waals surface area contributed by atoms with Crippen molar-refractivity contribution < 1.29 is 19.1 Å². The van der Waals surface area contributed by atoms with Gasteiger partial charge in [-0.1, -0.05) is 13.0 Å². The molecule has 1 aliphatic rings. The monoisotopic (exact) mass is 478 g/mol. The fourth-order valence-electron chi connectivity index (χ4n) is 4.27. The second kappa shape index (κ2) is 10.7. The van der Waals surface area contributed by atoms with Gasteiger partial charge >= 0.3 is 6.09 Å². The zero-order chi connectivity index (χ0) is 25.8. The van der Waals surface area contributed by atoms with Gasteiger partial charge in [0.05, 0.1) is 24.2 Å². The van der Waals surface area contributed by atoms with E-state index in [1.165, 1.54) is 0 Å². The van der Waals surface area contributed by atoms with E-state index in [4.69, 9.17) is 9.47 Å². The molecule has 2 amide bonds. The number of fused-ring (bicyclic) bond motifs is 1. The molecule has 35 heavy (non-hydrogen) atoms.